The molecule has 0 saturated carbocycles. The van der Waals surface area contributed by atoms with Crippen molar-refractivity contribution in [1.29, 1.82) is 0 Å². The smallest absolute Gasteiger partial charge is 0.261 e. The predicted molar refractivity (Wildman–Crippen MR) is 64.1 cm³/mol. The first kappa shape index (κ1) is 11.8. The van der Waals surface area contributed by atoms with Crippen LogP contribution >= 0.6 is 0 Å². The van der Waals surface area contributed by atoms with Gasteiger partial charge in [0.1, 0.15) is 17.1 Å². The van der Waals surface area contributed by atoms with Crippen LogP contribution in [0.5, 0.6) is 11.5 Å². The maximum atomic E-state index is 12.2. The topological polar surface area (TPSA) is 60.8 Å². The standard InChI is InChI=1S/C13H17NO3/c1-9-4-3-7-14(8-9)13(17)12-10(15)5-2-6-11(12)16/h2,5-6,9,15-16H,3-4,7-8H2,1H3. The molecule has 1 aliphatic heterocycles. The Labute approximate surface area is 100 Å². The second-order valence-electron chi connectivity index (χ2n) is 4.67. The number of carbonyl (C=O) groups is 1. The third-order valence-corrected chi connectivity index (χ3v) is 3.18. The average molecular weight is 235 g/mol. The zero-order chi connectivity index (χ0) is 12.4. The number of piperidine rings is 1. The summed E-state index contributed by atoms with van der Waals surface area (Å²) in [7, 11) is 0. The van der Waals surface area contributed by atoms with E-state index in [2.05, 4.69) is 6.92 Å². The van der Waals surface area contributed by atoms with Crippen molar-refractivity contribution >= 4 is 5.91 Å². The van der Waals surface area contributed by atoms with E-state index in [4.69, 9.17) is 0 Å². The lowest BCUT2D eigenvalue weighted by Gasteiger charge is -2.31. The molecule has 1 aromatic rings. The number of hydrogen-bond acceptors (Lipinski definition) is 3. The zero-order valence-electron chi connectivity index (χ0n) is 9.89. The summed E-state index contributed by atoms with van der Waals surface area (Å²) in [4.78, 5) is 13.9. The third-order valence-electron chi connectivity index (χ3n) is 3.18. The van der Waals surface area contributed by atoms with E-state index < -0.39 is 0 Å². The van der Waals surface area contributed by atoms with Crippen molar-refractivity contribution < 1.29 is 15.0 Å². The van der Waals surface area contributed by atoms with Crippen LogP contribution < -0.4 is 0 Å². The molecule has 1 aliphatic rings. The van der Waals surface area contributed by atoms with E-state index in [1.807, 2.05) is 0 Å². The molecule has 2 rings (SSSR count). The van der Waals surface area contributed by atoms with Crippen LogP contribution in [0.1, 0.15) is 30.1 Å². The summed E-state index contributed by atoms with van der Waals surface area (Å²) in [6.07, 6.45) is 2.10. The summed E-state index contributed by atoms with van der Waals surface area (Å²) in [6.45, 7) is 3.48. The lowest BCUT2D eigenvalue weighted by atomic mass is 9.99. The van der Waals surface area contributed by atoms with Crippen molar-refractivity contribution in [2.45, 2.75) is 19.8 Å². The Bertz CT molecular complexity index is 410. The maximum Gasteiger partial charge on any atom is 0.261 e. The van der Waals surface area contributed by atoms with Gasteiger partial charge >= 0.3 is 0 Å². The van der Waals surface area contributed by atoms with Gasteiger partial charge in [-0.25, -0.2) is 0 Å². The highest BCUT2D eigenvalue weighted by atomic mass is 16.3. The highest BCUT2D eigenvalue weighted by Crippen LogP contribution is 2.29. The van der Waals surface area contributed by atoms with Crippen molar-refractivity contribution in [2.75, 3.05) is 13.1 Å². The molecule has 0 aliphatic carbocycles. The van der Waals surface area contributed by atoms with Gasteiger partial charge in [0.2, 0.25) is 0 Å². The molecule has 4 heteroatoms. The zero-order valence-corrected chi connectivity index (χ0v) is 9.89. The normalized spacial score (nSPS) is 20.3. The molecule has 1 aromatic carbocycles. The quantitative estimate of drug-likeness (QED) is 0.782. The fourth-order valence-corrected chi connectivity index (χ4v) is 2.28. The molecule has 1 unspecified atom stereocenters. The summed E-state index contributed by atoms with van der Waals surface area (Å²) in [5, 5.41) is 19.3. The molecule has 17 heavy (non-hydrogen) atoms. The van der Waals surface area contributed by atoms with Crippen LogP contribution in [0.3, 0.4) is 0 Å². The Morgan fingerprint density at radius 2 is 2.00 bits per heavy atom. The Morgan fingerprint density at radius 3 is 2.59 bits per heavy atom. The molecule has 1 saturated heterocycles. The van der Waals surface area contributed by atoms with Gasteiger partial charge < -0.3 is 15.1 Å². The van der Waals surface area contributed by atoms with Crippen LogP contribution in [-0.4, -0.2) is 34.1 Å². The van der Waals surface area contributed by atoms with Gasteiger partial charge in [-0.1, -0.05) is 13.0 Å². The van der Waals surface area contributed by atoms with Gasteiger partial charge in [0.25, 0.3) is 5.91 Å². The number of rotatable bonds is 1. The van der Waals surface area contributed by atoms with Gasteiger partial charge in [0, 0.05) is 13.1 Å². The minimum absolute atomic E-state index is 0.0154. The monoisotopic (exact) mass is 235 g/mol. The van der Waals surface area contributed by atoms with E-state index in [1.54, 1.807) is 4.90 Å². The Balaban J connectivity index is 2.24. The highest BCUT2D eigenvalue weighted by Gasteiger charge is 2.25. The van der Waals surface area contributed by atoms with Gasteiger partial charge in [-0.05, 0) is 30.9 Å². The largest absolute Gasteiger partial charge is 0.507 e. The Hall–Kier alpha value is -1.71. The van der Waals surface area contributed by atoms with Gasteiger partial charge in [0.05, 0.1) is 0 Å². The summed E-state index contributed by atoms with van der Waals surface area (Å²) in [6, 6.07) is 4.35. The molecule has 0 bridgehead atoms. The van der Waals surface area contributed by atoms with Crippen LogP contribution in [0, 0.1) is 5.92 Å². The molecule has 2 N–H and O–H groups in total. The van der Waals surface area contributed by atoms with E-state index in [-0.39, 0.29) is 23.0 Å². The molecule has 4 nitrogen and oxygen atoms in total. The Kier molecular flexibility index (Phi) is 3.22. The highest BCUT2D eigenvalue weighted by molar-refractivity contribution is 5.99. The molecular formula is C13H17NO3. The first-order chi connectivity index (χ1) is 8.09. The van der Waals surface area contributed by atoms with Crippen LogP contribution in [0.2, 0.25) is 0 Å². The van der Waals surface area contributed by atoms with Gasteiger partial charge in [-0.15, -0.1) is 0 Å². The summed E-state index contributed by atoms with van der Waals surface area (Å²) < 4.78 is 0. The van der Waals surface area contributed by atoms with Crippen molar-refractivity contribution in [3.05, 3.63) is 23.8 Å². The number of hydrogen-bond donors (Lipinski definition) is 2. The molecule has 1 atom stereocenters. The third kappa shape index (κ3) is 2.35. The van der Waals surface area contributed by atoms with Gasteiger partial charge in [-0.2, -0.15) is 0 Å². The van der Waals surface area contributed by atoms with Gasteiger partial charge in [-0.3, -0.25) is 4.79 Å². The summed E-state index contributed by atoms with van der Waals surface area (Å²) in [5.41, 5.74) is 0.0154. The molecule has 0 radical (unpaired) electrons. The second-order valence-corrected chi connectivity index (χ2v) is 4.67. The van der Waals surface area contributed by atoms with Crippen LogP contribution in [0.15, 0.2) is 18.2 Å². The van der Waals surface area contributed by atoms with E-state index in [0.29, 0.717) is 19.0 Å². The summed E-state index contributed by atoms with van der Waals surface area (Å²) >= 11 is 0. The van der Waals surface area contributed by atoms with Crippen molar-refractivity contribution in [3.8, 4) is 11.5 Å². The number of phenols is 2. The maximum absolute atomic E-state index is 12.2. The predicted octanol–water partition coefficient (Wildman–Crippen LogP) is 1.97. The number of phenolic OH excluding ortho intramolecular Hbond substituents is 2. The minimum Gasteiger partial charge on any atom is -0.507 e. The lowest BCUT2D eigenvalue weighted by Crippen LogP contribution is -2.39. The fraction of sp³-hybridized carbons (Fsp3) is 0.462. The van der Waals surface area contributed by atoms with E-state index >= 15 is 0 Å². The molecule has 0 aromatic heterocycles. The van der Waals surface area contributed by atoms with Crippen molar-refractivity contribution in [1.82, 2.24) is 4.90 Å². The number of carbonyl (C=O) groups excluding carboxylic acids is 1. The average Bonchev–Trinajstić information content (AvgIpc) is 2.28. The minimum atomic E-state index is -0.285. The van der Waals surface area contributed by atoms with Crippen LogP contribution in [0.25, 0.3) is 0 Å². The van der Waals surface area contributed by atoms with Crippen molar-refractivity contribution in [3.63, 3.8) is 0 Å². The SMILES string of the molecule is CC1CCCN(C(=O)c2c(O)cccc2O)C1. The second kappa shape index (κ2) is 4.65. The number of nitrogens with zero attached hydrogens (tertiary/aromatic N) is 1. The van der Waals surface area contributed by atoms with E-state index in [0.717, 1.165) is 12.8 Å². The Morgan fingerprint density at radius 1 is 1.35 bits per heavy atom. The van der Waals surface area contributed by atoms with Crippen molar-refractivity contribution in [2.24, 2.45) is 5.92 Å². The molecule has 1 fully saturated rings. The number of likely N-dealkylation sites (tertiary alicyclic amines) is 1. The van der Waals surface area contributed by atoms with E-state index in [9.17, 15) is 15.0 Å². The molecular weight excluding hydrogens is 218 g/mol. The van der Waals surface area contributed by atoms with Crippen LogP contribution in [0.4, 0.5) is 0 Å². The molecule has 1 amide bonds. The van der Waals surface area contributed by atoms with Gasteiger partial charge in [0.15, 0.2) is 0 Å². The number of amides is 1. The first-order valence-electron chi connectivity index (χ1n) is 5.90. The summed E-state index contributed by atoms with van der Waals surface area (Å²) in [5.74, 6) is -0.130. The van der Waals surface area contributed by atoms with E-state index in [1.165, 1.54) is 18.2 Å². The lowest BCUT2D eigenvalue weighted by molar-refractivity contribution is 0.0677. The first-order valence-corrected chi connectivity index (χ1v) is 5.90. The molecule has 1 heterocycles. The number of benzene rings is 1. The molecule has 0 spiro atoms. The molecule has 92 valence electrons. The van der Waals surface area contributed by atoms with Crippen LogP contribution in [-0.2, 0) is 0 Å². The fourth-order valence-electron chi connectivity index (χ4n) is 2.28. The number of aromatic hydroxyl groups is 2.